The molecule has 6 heteroatoms. The van der Waals surface area contributed by atoms with E-state index >= 15 is 0 Å². The van der Waals surface area contributed by atoms with E-state index < -0.39 is 0 Å². The summed E-state index contributed by atoms with van der Waals surface area (Å²) >= 11 is 0. The molecule has 0 aromatic carbocycles. The van der Waals surface area contributed by atoms with Gasteiger partial charge in [0.05, 0.1) is 11.9 Å². The third-order valence-corrected chi connectivity index (χ3v) is 2.07. The Labute approximate surface area is 102 Å². The molecule has 0 aliphatic heterocycles. The highest BCUT2D eigenvalue weighted by Crippen LogP contribution is 2.01. The first-order chi connectivity index (χ1) is 7.90. The fourth-order valence-electron chi connectivity index (χ4n) is 1.25. The van der Waals surface area contributed by atoms with Crippen LogP contribution in [-0.2, 0) is 17.9 Å². The van der Waals surface area contributed by atoms with E-state index in [1.807, 2.05) is 6.92 Å². The predicted octanol–water partition coefficient (Wildman–Crippen LogP) is 0.302. The number of hydrogen-bond donors (Lipinski definition) is 2. The van der Waals surface area contributed by atoms with Gasteiger partial charge in [-0.05, 0) is 27.7 Å². The molecule has 0 spiro atoms. The molecule has 0 saturated heterocycles. The van der Waals surface area contributed by atoms with E-state index in [9.17, 15) is 4.79 Å². The highest BCUT2D eigenvalue weighted by molar-refractivity contribution is 5.75. The predicted molar refractivity (Wildman–Crippen MR) is 65.3 cm³/mol. The lowest BCUT2D eigenvalue weighted by atomic mass is 10.1. The van der Waals surface area contributed by atoms with E-state index in [0.29, 0.717) is 13.1 Å². The fraction of sp³-hybridized carbons (Fsp3) is 0.727. The molecule has 96 valence electrons. The average molecular weight is 239 g/mol. The lowest BCUT2D eigenvalue weighted by Crippen LogP contribution is -2.35. The van der Waals surface area contributed by atoms with E-state index in [1.165, 1.54) is 0 Å². The first kappa shape index (κ1) is 13.6. The van der Waals surface area contributed by atoms with Crippen molar-refractivity contribution in [3.8, 4) is 0 Å². The summed E-state index contributed by atoms with van der Waals surface area (Å²) in [7, 11) is 0. The van der Waals surface area contributed by atoms with Crippen LogP contribution in [0.2, 0.25) is 0 Å². The lowest BCUT2D eigenvalue weighted by Gasteiger charge is -2.19. The Morgan fingerprint density at radius 3 is 2.76 bits per heavy atom. The molecule has 1 rings (SSSR count). The van der Waals surface area contributed by atoms with Crippen molar-refractivity contribution in [3.63, 3.8) is 0 Å². The second kappa shape index (κ2) is 5.77. The number of aromatic nitrogens is 3. The van der Waals surface area contributed by atoms with Crippen molar-refractivity contribution >= 4 is 5.91 Å². The van der Waals surface area contributed by atoms with Crippen LogP contribution in [0.3, 0.4) is 0 Å². The van der Waals surface area contributed by atoms with Crippen molar-refractivity contribution in [1.29, 1.82) is 0 Å². The second-order valence-corrected chi connectivity index (χ2v) is 4.96. The van der Waals surface area contributed by atoms with Crippen molar-refractivity contribution in [3.05, 3.63) is 11.9 Å². The Balaban J connectivity index is 2.45. The van der Waals surface area contributed by atoms with E-state index in [4.69, 9.17) is 0 Å². The molecule has 1 aromatic heterocycles. The summed E-state index contributed by atoms with van der Waals surface area (Å²) in [5.74, 6) is -0.0484. The molecule has 0 aliphatic rings. The third kappa shape index (κ3) is 5.44. The summed E-state index contributed by atoms with van der Waals surface area (Å²) in [6.07, 6.45) is 1.79. The zero-order valence-corrected chi connectivity index (χ0v) is 10.9. The van der Waals surface area contributed by atoms with Crippen LogP contribution in [-0.4, -0.2) is 33.0 Å². The quantitative estimate of drug-likeness (QED) is 0.775. The number of hydrogen-bond acceptors (Lipinski definition) is 4. The number of rotatable bonds is 5. The largest absolute Gasteiger partial charge is 0.355 e. The van der Waals surface area contributed by atoms with Crippen LogP contribution < -0.4 is 10.6 Å². The molecular formula is C11H21N5O. The summed E-state index contributed by atoms with van der Waals surface area (Å²) in [5.41, 5.74) is 0.882. The molecule has 0 bridgehead atoms. The van der Waals surface area contributed by atoms with Gasteiger partial charge in [-0.2, -0.15) is 0 Å². The van der Waals surface area contributed by atoms with Gasteiger partial charge in [0, 0.05) is 18.6 Å². The number of nitrogens with zero attached hydrogens (tertiary/aromatic N) is 3. The van der Waals surface area contributed by atoms with E-state index in [2.05, 4.69) is 41.7 Å². The minimum atomic E-state index is -0.0484. The van der Waals surface area contributed by atoms with Crippen molar-refractivity contribution in [2.45, 2.75) is 46.3 Å². The van der Waals surface area contributed by atoms with Gasteiger partial charge in [0.15, 0.2) is 0 Å². The van der Waals surface area contributed by atoms with Gasteiger partial charge >= 0.3 is 0 Å². The number of nitrogens with one attached hydrogen (secondary N) is 2. The van der Waals surface area contributed by atoms with Crippen molar-refractivity contribution in [1.82, 2.24) is 25.6 Å². The van der Waals surface area contributed by atoms with Crippen LogP contribution in [0.4, 0.5) is 0 Å². The van der Waals surface area contributed by atoms with Gasteiger partial charge in [0.2, 0.25) is 5.91 Å². The molecule has 0 fully saturated rings. The van der Waals surface area contributed by atoms with Gasteiger partial charge in [0.1, 0.15) is 6.54 Å². The van der Waals surface area contributed by atoms with E-state index in [1.54, 1.807) is 10.9 Å². The van der Waals surface area contributed by atoms with Crippen molar-refractivity contribution in [2.24, 2.45) is 0 Å². The summed E-state index contributed by atoms with van der Waals surface area (Å²) < 4.78 is 1.55. The summed E-state index contributed by atoms with van der Waals surface area (Å²) in [4.78, 5) is 11.3. The number of carbonyl (C=O) groups excluding carboxylic acids is 1. The smallest absolute Gasteiger partial charge is 0.241 e. The molecule has 0 aliphatic carbocycles. The number of carbonyl (C=O) groups is 1. The number of likely N-dealkylation sites (N-methyl/N-ethyl adjacent to an activating group) is 1. The Morgan fingerprint density at radius 2 is 2.18 bits per heavy atom. The summed E-state index contributed by atoms with van der Waals surface area (Å²) in [5, 5.41) is 13.9. The topological polar surface area (TPSA) is 71.8 Å². The first-order valence-electron chi connectivity index (χ1n) is 5.81. The SMILES string of the molecule is CCNC(=O)Cn1cc(CNC(C)(C)C)nn1. The molecule has 2 N–H and O–H groups in total. The summed E-state index contributed by atoms with van der Waals surface area (Å²) in [6.45, 7) is 9.66. The number of amides is 1. The van der Waals surface area contributed by atoms with Crippen molar-refractivity contribution in [2.75, 3.05) is 6.54 Å². The van der Waals surface area contributed by atoms with Crippen LogP contribution >= 0.6 is 0 Å². The lowest BCUT2D eigenvalue weighted by molar-refractivity contribution is -0.121. The maximum Gasteiger partial charge on any atom is 0.241 e. The molecule has 1 aromatic rings. The molecule has 0 atom stereocenters. The van der Waals surface area contributed by atoms with E-state index in [-0.39, 0.29) is 18.0 Å². The van der Waals surface area contributed by atoms with Gasteiger partial charge in [0.25, 0.3) is 0 Å². The molecule has 0 saturated carbocycles. The van der Waals surface area contributed by atoms with Gasteiger partial charge in [-0.1, -0.05) is 5.21 Å². The van der Waals surface area contributed by atoms with Crippen LogP contribution in [0.1, 0.15) is 33.4 Å². The minimum Gasteiger partial charge on any atom is -0.355 e. The van der Waals surface area contributed by atoms with Crippen LogP contribution in [0.5, 0.6) is 0 Å². The standard InChI is InChI=1S/C11H21N5O/c1-5-12-10(17)8-16-7-9(14-15-16)6-13-11(2,3)4/h7,13H,5-6,8H2,1-4H3,(H,12,17). The van der Waals surface area contributed by atoms with Gasteiger partial charge in [-0.25, -0.2) is 4.68 Å². The second-order valence-electron chi connectivity index (χ2n) is 4.96. The van der Waals surface area contributed by atoms with E-state index in [0.717, 1.165) is 5.69 Å². The maximum atomic E-state index is 11.3. The molecule has 6 nitrogen and oxygen atoms in total. The van der Waals surface area contributed by atoms with Gasteiger partial charge in [-0.3, -0.25) is 4.79 Å². The van der Waals surface area contributed by atoms with Gasteiger partial charge < -0.3 is 10.6 Å². The Hall–Kier alpha value is -1.43. The Bertz CT molecular complexity index is 366. The highest BCUT2D eigenvalue weighted by atomic mass is 16.2. The Kier molecular flexibility index (Phi) is 4.62. The van der Waals surface area contributed by atoms with Crippen molar-refractivity contribution < 1.29 is 4.79 Å². The molecular weight excluding hydrogens is 218 g/mol. The zero-order chi connectivity index (χ0) is 12.9. The van der Waals surface area contributed by atoms with Crippen LogP contribution in [0.25, 0.3) is 0 Å². The molecule has 1 heterocycles. The fourth-order valence-corrected chi connectivity index (χ4v) is 1.25. The highest BCUT2D eigenvalue weighted by Gasteiger charge is 2.10. The minimum absolute atomic E-state index is 0.0450. The molecule has 0 unspecified atom stereocenters. The van der Waals surface area contributed by atoms with Gasteiger partial charge in [-0.15, -0.1) is 5.10 Å². The normalized spacial score (nSPS) is 11.5. The first-order valence-corrected chi connectivity index (χ1v) is 5.81. The van der Waals surface area contributed by atoms with Crippen LogP contribution in [0, 0.1) is 0 Å². The average Bonchev–Trinajstić information content (AvgIpc) is 2.62. The molecule has 17 heavy (non-hydrogen) atoms. The molecule has 0 radical (unpaired) electrons. The third-order valence-electron chi connectivity index (χ3n) is 2.07. The monoisotopic (exact) mass is 239 g/mol. The Morgan fingerprint density at radius 1 is 1.47 bits per heavy atom. The molecule has 1 amide bonds. The summed E-state index contributed by atoms with van der Waals surface area (Å²) in [6, 6.07) is 0. The zero-order valence-electron chi connectivity index (χ0n) is 10.9. The maximum absolute atomic E-state index is 11.3. The van der Waals surface area contributed by atoms with Crippen LogP contribution in [0.15, 0.2) is 6.20 Å².